The molecular formula is C17H17N7O5S. The molecule has 3 N–H and O–H groups in total. The van der Waals surface area contributed by atoms with Crippen LogP contribution in [0.25, 0.3) is 5.82 Å². The van der Waals surface area contributed by atoms with Crippen LogP contribution in [0.1, 0.15) is 27.3 Å². The summed E-state index contributed by atoms with van der Waals surface area (Å²) in [4.78, 5) is 35.9. The number of amides is 2. The summed E-state index contributed by atoms with van der Waals surface area (Å²) in [5.74, 6) is -1.54. The van der Waals surface area contributed by atoms with Crippen LogP contribution in [0.2, 0.25) is 0 Å². The maximum Gasteiger partial charge on any atom is 0.340 e. The Hall–Kier alpha value is -3.87. The van der Waals surface area contributed by atoms with Gasteiger partial charge in [-0.1, -0.05) is 6.07 Å². The molecule has 156 valence electrons. The number of urea groups is 1. The number of aromatic nitrogens is 5. The minimum atomic E-state index is -4.67. The molecule has 0 spiro atoms. The maximum absolute atomic E-state index is 12.9. The molecule has 0 saturated heterocycles. The number of hydrogen-bond donors (Lipinski definition) is 3. The number of carbonyl (C=O) groups excluding carboxylic acids is 1. The molecule has 0 atom stereocenters. The predicted molar refractivity (Wildman–Crippen MR) is 104 cm³/mol. The van der Waals surface area contributed by atoms with Crippen molar-refractivity contribution in [1.29, 1.82) is 0 Å². The quantitative estimate of drug-likeness (QED) is 0.537. The van der Waals surface area contributed by atoms with Crippen LogP contribution in [0.5, 0.6) is 0 Å². The first-order valence-electron chi connectivity index (χ1n) is 8.48. The fraction of sp³-hybridized carbons (Fsp3) is 0.176. The van der Waals surface area contributed by atoms with Crippen LogP contribution in [-0.4, -0.2) is 50.3 Å². The van der Waals surface area contributed by atoms with Crippen LogP contribution in [0.15, 0.2) is 35.6 Å². The summed E-state index contributed by atoms with van der Waals surface area (Å²) in [7, 11) is -4.67. The molecule has 3 aromatic heterocycles. The normalized spacial score (nSPS) is 11.2. The number of carboxylic acid groups (broad SMARTS) is 1. The molecule has 0 aromatic carbocycles. The smallest absolute Gasteiger partial charge is 0.340 e. The Morgan fingerprint density at radius 1 is 1.13 bits per heavy atom. The highest BCUT2D eigenvalue weighted by atomic mass is 32.2. The highest BCUT2D eigenvalue weighted by Gasteiger charge is 2.31. The van der Waals surface area contributed by atoms with Gasteiger partial charge in [-0.3, -0.25) is 5.32 Å². The third-order valence-electron chi connectivity index (χ3n) is 3.83. The Bertz CT molecular complexity index is 1230. The summed E-state index contributed by atoms with van der Waals surface area (Å²) in [6.45, 7) is 5.02. The molecule has 0 aliphatic rings. The molecule has 13 heteroatoms. The van der Waals surface area contributed by atoms with E-state index >= 15 is 0 Å². The predicted octanol–water partition coefficient (Wildman–Crippen LogP) is 1.19. The molecule has 12 nitrogen and oxygen atoms in total. The highest BCUT2D eigenvalue weighted by molar-refractivity contribution is 7.90. The largest absolute Gasteiger partial charge is 0.478 e. The SMILES string of the molecule is Cc1cc(C)nc(NC(=O)NS(=O)(=O)c2c(C(=O)O)cnn2-c2ncccc2C)n1. The van der Waals surface area contributed by atoms with E-state index in [2.05, 4.69) is 25.4 Å². The fourth-order valence-electron chi connectivity index (χ4n) is 2.67. The first-order chi connectivity index (χ1) is 14.1. The van der Waals surface area contributed by atoms with Crippen molar-refractivity contribution in [2.24, 2.45) is 0 Å². The summed E-state index contributed by atoms with van der Waals surface area (Å²) in [6.07, 6.45) is 2.27. The van der Waals surface area contributed by atoms with E-state index in [-0.39, 0.29) is 11.8 Å². The molecule has 0 fully saturated rings. The molecule has 3 rings (SSSR count). The minimum absolute atomic E-state index is 0.100. The average Bonchev–Trinajstić information content (AvgIpc) is 3.06. The van der Waals surface area contributed by atoms with Crippen molar-refractivity contribution in [3.05, 3.63) is 53.1 Å². The lowest BCUT2D eigenvalue weighted by Gasteiger charge is -2.12. The summed E-state index contributed by atoms with van der Waals surface area (Å²) in [5.41, 5.74) is 1.06. The topological polar surface area (TPSA) is 169 Å². The van der Waals surface area contributed by atoms with E-state index in [1.54, 1.807) is 43.7 Å². The van der Waals surface area contributed by atoms with E-state index in [4.69, 9.17) is 0 Å². The molecule has 2 amide bonds. The molecule has 0 radical (unpaired) electrons. The van der Waals surface area contributed by atoms with Crippen molar-refractivity contribution < 1.29 is 23.1 Å². The van der Waals surface area contributed by atoms with E-state index in [0.717, 1.165) is 10.9 Å². The zero-order valence-electron chi connectivity index (χ0n) is 16.1. The Morgan fingerprint density at radius 3 is 2.40 bits per heavy atom. The van der Waals surface area contributed by atoms with Gasteiger partial charge in [-0.2, -0.15) is 13.5 Å². The Balaban J connectivity index is 1.99. The summed E-state index contributed by atoms with van der Waals surface area (Å²) >= 11 is 0. The van der Waals surface area contributed by atoms with Gasteiger partial charge in [0.05, 0.1) is 6.20 Å². The standard InChI is InChI=1S/C17H17N7O5S/c1-9-5-4-6-18-13(9)24-14(12(8-19-24)15(25)26)30(28,29)23-17(27)22-16-20-10(2)7-11(3)21-16/h4-8H,1-3H3,(H,25,26)(H2,20,21,22,23,27). The van der Waals surface area contributed by atoms with Gasteiger partial charge in [0, 0.05) is 17.6 Å². The molecular weight excluding hydrogens is 414 g/mol. The van der Waals surface area contributed by atoms with E-state index in [0.29, 0.717) is 17.0 Å². The number of pyridine rings is 1. The van der Waals surface area contributed by atoms with Gasteiger partial charge in [-0.15, -0.1) is 0 Å². The number of anilines is 1. The van der Waals surface area contributed by atoms with Gasteiger partial charge in [0.15, 0.2) is 10.8 Å². The van der Waals surface area contributed by atoms with Gasteiger partial charge in [0.1, 0.15) is 5.56 Å². The van der Waals surface area contributed by atoms with Crippen LogP contribution >= 0.6 is 0 Å². The molecule has 0 aliphatic carbocycles. The fourth-order valence-corrected chi connectivity index (χ4v) is 3.85. The molecule has 30 heavy (non-hydrogen) atoms. The van der Waals surface area contributed by atoms with Crippen molar-refractivity contribution in [3.8, 4) is 5.82 Å². The van der Waals surface area contributed by atoms with Crippen molar-refractivity contribution in [2.45, 2.75) is 25.8 Å². The van der Waals surface area contributed by atoms with Gasteiger partial charge in [0.25, 0.3) is 10.0 Å². The van der Waals surface area contributed by atoms with Crippen LogP contribution < -0.4 is 10.0 Å². The summed E-state index contributed by atoms with van der Waals surface area (Å²) in [5, 5.41) is 14.7. The van der Waals surface area contributed by atoms with E-state index in [9.17, 15) is 23.1 Å². The number of sulfonamides is 1. The molecule has 3 heterocycles. The maximum atomic E-state index is 12.9. The number of nitrogens with zero attached hydrogens (tertiary/aromatic N) is 5. The van der Waals surface area contributed by atoms with Gasteiger partial charge >= 0.3 is 12.0 Å². The summed E-state index contributed by atoms with van der Waals surface area (Å²) < 4.78 is 28.4. The van der Waals surface area contributed by atoms with Gasteiger partial charge < -0.3 is 5.11 Å². The molecule has 0 bridgehead atoms. The van der Waals surface area contributed by atoms with Crippen molar-refractivity contribution >= 4 is 28.0 Å². The molecule has 3 aromatic rings. The number of carboxylic acids is 1. The third kappa shape index (κ3) is 4.25. The minimum Gasteiger partial charge on any atom is -0.478 e. The zero-order chi connectivity index (χ0) is 22.1. The Labute approximate surface area is 171 Å². The van der Waals surface area contributed by atoms with Crippen molar-refractivity contribution in [3.63, 3.8) is 0 Å². The first kappa shape index (κ1) is 20.9. The second-order valence-corrected chi connectivity index (χ2v) is 7.86. The number of aromatic carboxylic acids is 1. The lowest BCUT2D eigenvalue weighted by Crippen LogP contribution is -2.36. The van der Waals surface area contributed by atoms with Crippen LogP contribution in [-0.2, 0) is 10.0 Å². The van der Waals surface area contributed by atoms with Crippen molar-refractivity contribution in [2.75, 3.05) is 5.32 Å². The number of rotatable bonds is 5. The number of nitrogens with one attached hydrogen (secondary N) is 2. The van der Waals surface area contributed by atoms with E-state index < -0.39 is 32.6 Å². The first-order valence-corrected chi connectivity index (χ1v) is 9.96. The highest BCUT2D eigenvalue weighted by Crippen LogP contribution is 2.21. The van der Waals surface area contributed by atoms with Crippen molar-refractivity contribution in [1.82, 2.24) is 29.5 Å². The second kappa shape index (κ2) is 7.87. The van der Waals surface area contributed by atoms with Gasteiger partial charge in [-0.05, 0) is 38.5 Å². The lowest BCUT2D eigenvalue weighted by molar-refractivity contribution is 0.0692. The Morgan fingerprint density at radius 2 is 1.80 bits per heavy atom. The molecule has 0 aliphatic heterocycles. The van der Waals surface area contributed by atoms with Crippen LogP contribution in [0, 0.1) is 20.8 Å². The summed E-state index contributed by atoms with van der Waals surface area (Å²) in [6, 6.07) is 3.79. The number of carbonyl (C=O) groups is 2. The number of hydrogen-bond acceptors (Lipinski definition) is 8. The number of aryl methyl sites for hydroxylation is 3. The zero-order valence-corrected chi connectivity index (χ0v) is 16.9. The van der Waals surface area contributed by atoms with Crippen LogP contribution in [0.4, 0.5) is 10.7 Å². The van der Waals surface area contributed by atoms with E-state index in [1.165, 1.54) is 6.20 Å². The average molecular weight is 431 g/mol. The van der Waals surface area contributed by atoms with E-state index in [1.807, 2.05) is 0 Å². The van der Waals surface area contributed by atoms with Crippen LogP contribution in [0.3, 0.4) is 0 Å². The molecule has 0 unspecified atom stereocenters. The molecule has 0 saturated carbocycles. The lowest BCUT2D eigenvalue weighted by atomic mass is 10.3. The third-order valence-corrected chi connectivity index (χ3v) is 5.18. The monoisotopic (exact) mass is 431 g/mol. The Kier molecular flexibility index (Phi) is 5.47. The van der Waals surface area contributed by atoms with Gasteiger partial charge in [-0.25, -0.2) is 33.9 Å². The van der Waals surface area contributed by atoms with Gasteiger partial charge in [0.2, 0.25) is 5.95 Å². The second-order valence-electron chi connectivity index (χ2n) is 6.26.